The van der Waals surface area contributed by atoms with Crippen molar-refractivity contribution in [2.45, 2.75) is 20.3 Å². The maximum atomic E-state index is 10.6. The summed E-state index contributed by atoms with van der Waals surface area (Å²) in [6.07, 6.45) is 1.67. The zero-order chi connectivity index (χ0) is 12.4. The van der Waals surface area contributed by atoms with Crippen molar-refractivity contribution >= 4 is 22.2 Å². The molecule has 0 fully saturated rings. The summed E-state index contributed by atoms with van der Waals surface area (Å²) in [5.74, 6) is 1.09. The summed E-state index contributed by atoms with van der Waals surface area (Å²) < 4.78 is 6.57. The van der Waals surface area contributed by atoms with E-state index in [4.69, 9.17) is 4.42 Å². The smallest absolute Gasteiger partial charge is 0.185 e. The highest BCUT2D eigenvalue weighted by Crippen LogP contribution is 2.30. The molecule has 0 aliphatic heterocycles. The second-order valence-electron chi connectivity index (χ2n) is 3.94. The number of furan rings is 1. The summed E-state index contributed by atoms with van der Waals surface area (Å²) in [6.45, 7) is 4.17. The van der Waals surface area contributed by atoms with Crippen LogP contribution in [0.5, 0.6) is 0 Å². The molecule has 0 saturated heterocycles. The first-order chi connectivity index (χ1) is 8.15. The van der Waals surface area contributed by atoms with Crippen molar-refractivity contribution in [3.63, 3.8) is 0 Å². The SMILES string of the molecule is CCc1cc(-c2ccc(C=O)o2)cc(C)c1Br. The summed E-state index contributed by atoms with van der Waals surface area (Å²) in [6, 6.07) is 7.65. The maximum absolute atomic E-state index is 10.6. The summed E-state index contributed by atoms with van der Waals surface area (Å²) in [7, 11) is 0. The molecule has 0 aliphatic carbocycles. The van der Waals surface area contributed by atoms with Crippen LogP contribution in [-0.4, -0.2) is 6.29 Å². The van der Waals surface area contributed by atoms with E-state index in [9.17, 15) is 4.79 Å². The van der Waals surface area contributed by atoms with E-state index in [0.717, 1.165) is 28.5 Å². The van der Waals surface area contributed by atoms with Gasteiger partial charge in [-0.25, -0.2) is 0 Å². The van der Waals surface area contributed by atoms with Gasteiger partial charge in [-0.1, -0.05) is 22.9 Å². The van der Waals surface area contributed by atoms with E-state index in [1.54, 1.807) is 6.07 Å². The minimum absolute atomic E-state index is 0.360. The van der Waals surface area contributed by atoms with Crippen LogP contribution < -0.4 is 0 Å². The standard InChI is InChI=1S/C14H13BrO2/c1-3-10-7-11(6-9(2)14(10)15)13-5-4-12(8-16)17-13/h4-8H,3H2,1-2H3. The van der Waals surface area contributed by atoms with Gasteiger partial charge in [0.2, 0.25) is 0 Å². The quantitative estimate of drug-likeness (QED) is 0.785. The Morgan fingerprint density at radius 3 is 2.71 bits per heavy atom. The average Bonchev–Trinajstić information content (AvgIpc) is 2.81. The number of halogens is 1. The Morgan fingerprint density at radius 1 is 1.35 bits per heavy atom. The van der Waals surface area contributed by atoms with Crippen molar-refractivity contribution in [1.82, 2.24) is 0 Å². The summed E-state index contributed by atoms with van der Waals surface area (Å²) in [5, 5.41) is 0. The lowest BCUT2D eigenvalue weighted by molar-refractivity contribution is 0.110. The molecule has 1 aromatic carbocycles. The number of hydrogen-bond donors (Lipinski definition) is 0. The van der Waals surface area contributed by atoms with Crippen LogP contribution in [0.1, 0.15) is 28.6 Å². The van der Waals surface area contributed by atoms with Crippen LogP contribution in [0.25, 0.3) is 11.3 Å². The second-order valence-corrected chi connectivity index (χ2v) is 4.73. The molecule has 0 bridgehead atoms. The van der Waals surface area contributed by atoms with E-state index in [1.807, 2.05) is 6.07 Å². The van der Waals surface area contributed by atoms with Gasteiger partial charge in [0.05, 0.1) is 0 Å². The zero-order valence-electron chi connectivity index (χ0n) is 9.79. The third-order valence-electron chi connectivity index (χ3n) is 2.74. The fraction of sp³-hybridized carbons (Fsp3) is 0.214. The Balaban J connectivity index is 2.52. The predicted molar refractivity (Wildman–Crippen MR) is 71.3 cm³/mol. The molecule has 1 aromatic heterocycles. The highest BCUT2D eigenvalue weighted by molar-refractivity contribution is 9.10. The Bertz CT molecular complexity index is 555. The van der Waals surface area contributed by atoms with Gasteiger partial charge in [0.25, 0.3) is 0 Å². The summed E-state index contributed by atoms with van der Waals surface area (Å²) in [4.78, 5) is 10.6. The number of carbonyl (C=O) groups excluding carboxylic acids is 1. The largest absolute Gasteiger partial charge is 0.453 e. The number of carbonyl (C=O) groups is 1. The Labute approximate surface area is 109 Å². The number of benzene rings is 1. The van der Waals surface area contributed by atoms with E-state index in [1.165, 1.54) is 11.1 Å². The summed E-state index contributed by atoms with van der Waals surface area (Å²) in [5.41, 5.74) is 3.42. The third-order valence-corrected chi connectivity index (χ3v) is 3.87. The Hall–Kier alpha value is -1.35. The van der Waals surface area contributed by atoms with Crippen LogP contribution in [0.2, 0.25) is 0 Å². The van der Waals surface area contributed by atoms with Crippen LogP contribution in [0.4, 0.5) is 0 Å². The van der Waals surface area contributed by atoms with E-state index in [2.05, 4.69) is 41.9 Å². The Kier molecular flexibility index (Phi) is 3.48. The average molecular weight is 293 g/mol. The lowest BCUT2D eigenvalue weighted by atomic mass is 10.0. The minimum atomic E-state index is 0.360. The van der Waals surface area contributed by atoms with Crippen molar-refractivity contribution in [3.05, 3.63) is 45.6 Å². The molecule has 0 spiro atoms. The predicted octanol–water partition coefficient (Wildman–Crippen LogP) is 4.39. The Morgan fingerprint density at radius 2 is 2.12 bits per heavy atom. The van der Waals surface area contributed by atoms with Gasteiger partial charge < -0.3 is 4.42 Å². The molecule has 2 aromatic rings. The van der Waals surface area contributed by atoms with Gasteiger partial charge in [0.15, 0.2) is 12.0 Å². The van der Waals surface area contributed by atoms with Crippen molar-refractivity contribution in [3.8, 4) is 11.3 Å². The molecule has 0 aliphatic rings. The first-order valence-electron chi connectivity index (χ1n) is 5.50. The lowest BCUT2D eigenvalue weighted by Gasteiger charge is -2.08. The van der Waals surface area contributed by atoms with E-state index in [0.29, 0.717) is 5.76 Å². The van der Waals surface area contributed by atoms with Gasteiger partial charge in [-0.3, -0.25) is 4.79 Å². The zero-order valence-corrected chi connectivity index (χ0v) is 11.4. The third kappa shape index (κ3) is 2.34. The number of hydrogen-bond acceptors (Lipinski definition) is 2. The van der Waals surface area contributed by atoms with E-state index >= 15 is 0 Å². The lowest BCUT2D eigenvalue weighted by Crippen LogP contribution is -1.88. The van der Waals surface area contributed by atoms with Crippen LogP contribution in [-0.2, 0) is 6.42 Å². The van der Waals surface area contributed by atoms with E-state index < -0.39 is 0 Å². The molecule has 0 N–H and O–H groups in total. The van der Waals surface area contributed by atoms with Crippen molar-refractivity contribution in [2.24, 2.45) is 0 Å². The molecule has 88 valence electrons. The molecular formula is C14H13BrO2. The minimum Gasteiger partial charge on any atom is -0.453 e. The van der Waals surface area contributed by atoms with Crippen LogP contribution in [0.3, 0.4) is 0 Å². The molecule has 0 atom stereocenters. The fourth-order valence-corrected chi connectivity index (χ4v) is 2.32. The second kappa shape index (κ2) is 4.88. The summed E-state index contributed by atoms with van der Waals surface area (Å²) >= 11 is 3.58. The van der Waals surface area contributed by atoms with Crippen LogP contribution >= 0.6 is 15.9 Å². The van der Waals surface area contributed by atoms with Crippen LogP contribution in [0.15, 0.2) is 33.2 Å². The molecule has 0 unspecified atom stereocenters. The normalized spacial score (nSPS) is 10.5. The first-order valence-corrected chi connectivity index (χ1v) is 6.29. The van der Waals surface area contributed by atoms with Crippen LogP contribution in [0, 0.1) is 6.92 Å². The van der Waals surface area contributed by atoms with Crippen molar-refractivity contribution < 1.29 is 9.21 Å². The van der Waals surface area contributed by atoms with E-state index in [-0.39, 0.29) is 0 Å². The van der Waals surface area contributed by atoms with Gasteiger partial charge in [-0.2, -0.15) is 0 Å². The number of aldehydes is 1. The van der Waals surface area contributed by atoms with Crippen molar-refractivity contribution in [2.75, 3.05) is 0 Å². The highest BCUT2D eigenvalue weighted by Gasteiger charge is 2.09. The molecule has 0 amide bonds. The molecule has 17 heavy (non-hydrogen) atoms. The highest BCUT2D eigenvalue weighted by atomic mass is 79.9. The molecule has 0 radical (unpaired) electrons. The van der Waals surface area contributed by atoms with Gasteiger partial charge in [-0.05, 0) is 48.7 Å². The molecule has 3 heteroatoms. The molecular weight excluding hydrogens is 280 g/mol. The fourth-order valence-electron chi connectivity index (χ4n) is 1.81. The van der Waals surface area contributed by atoms with Gasteiger partial charge in [0, 0.05) is 10.0 Å². The monoisotopic (exact) mass is 292 g/mol. The molecule has 2 rings (SSSR count). The first kappa shape index (κ1) is 12.1. The van der Waals surface area contributed by atoms with Gasteiger partial charge in [-0.15, -0.1) is 0 Å². The van der Waals surface area contributed by atoms with Crippen molar-refractivity contribution in [1.29, 1.82) is 0 Å². The topological polar surface area (TPSA) is 30.2 Å². The van der Waals surface area contributed by atoms with Gasteiger partial charge in [0.1, 0.15) is 5.76 Å². The van der Waals surface area contributed by atoms with Gasteiger partial charge >= 0.3 is 0 Å². The molecule has 1 heterocycles. The number of aryl methyl sites for hydroxylation is 2. The maximum Gasteiger partial charge on any atom is 0.185 e. The molecule has 2 nitrogen and oxygen atoms in total. The molecule has 0 saturated carbocycles. The number of rotatable bonds is 3.